The van der Waals surface area contributed by atoms with Gasteiger partial charge in [0, 0.05) is 19.3 Å². The lowest BCUT2D eigenvalue weighted by molar-refractivity contribution is -0.142. The summed E-state index contributed by atoms with van der Waals surface area (Å²) in [5, 5.41) is 39.7. The number of aliphatic carboxylic acids is 1. The molecule has 0 aromatic heterocycles. The van der Waals surface area contributed by atoms with Crippen LogP contribution in [0.2, 0.25) is 0 Å². The van der Waals surface area contributed by atoms with Gasteiger partial charge in [-0.25, -0.2) is 4.79 Å². The molecule has 4 rings (SSSR count). The molecule has 0 bridgehead atoms. The second-order valence-electron chi connectivity index (χ2n) is 12.5. The molecule has 0 aliphatic rings. The van der Waals surface area contributed by atoms with E-state index in [0.29, 0.717) is 22.3 Å². The van der Waals surface area contributed by atoms with E-state index in [2.05, 4.69) is 21.3 Å². The van der Waals surface area contributed by atoms with Gasteiger partial charge < -0.3 is 42.3 Å². The fraction of sp³-hybridized carbons (Fsp3) is 0.256. The first kappa shape index (κ1) is 38.6. The van der Waals surface area contributed by atoms with Gasteiger partial charge in [0.05, 0.1) is 6.04 Å². The number of aromatic hydroxyl groups is 2. The van der Waals surface area contributed by atoms with Crippen molar-refractivity contribution in [2.75, 3.05) is 0 Å². The zero-order valence-electron chi connectivity index (χ0n) is 28.6. The smallest absolute Gasteiger partial charge is 0.326 e. The third kappa shape index (κ3) is 12.0. The van der Waals surface area contributed by atoms with Crippen LogP contribution in [0.15, 0.2) is 109 Å². The number of benzene rings is 4. The quantitative estimate of drug-likeness (QED) is 0.0799. The SMILES string of the molecule is C[C@@H](NC(=O)[C@H](N)Cc1ccc(O)cc1)C(=O)N[C@H](Cc1ccc(O)cc1)C(=O)N[C@H](Cc1ccccc1)C(=O)N[C@H](Cc1ccccc1)C(=O)O. The van der Waals surface area contributed by atoms with Gasteiger partial charge in [-0.15, -0.1) is 0 Å². The van der Waals surface area contributed by atoms with E-state index in [-0.39, 0.29) is 37.2 Å². The molecule has 4 aromatic rings. The molecule has 0 aliphatic heterocycles. The van der Waals surface area contributed by atoms with Gasteiger partial charge in [0.2, 0.25) is 23.6 Å². The predicted octanol–water partition coefficient (Wildman–Crippen LogP) is 1.74. The van der Waals surface area contributed by atoms with Crippen molar-refractivity contribution in [2.24, 2.45) is 5.73 Å². The summed E-state index contributed by atoms with van der Waals surface area (Å²) in [6.45, 7) is 1.43. The van der Waals surface area contributed by atoms with E-state index in [1.165, 1.54) is 31.2 Å². The molecule has 13 nitrogen and oxygen atoms in total. The summed E-state index contributed by atoms with van der Waals surface area (Å²) >= 11 is 0. The van der Waals surface area contributed by atoms with Crippen LogP contribution in [0, 0.1) is 0 Å². The van der Waals surface area contributed by atoms with Gasteiger partial charge in [-0.1, -0.05) is 84.9 Å². The first-order valence-electron chi connectivity index (χ1n) is 16.7. The minimum absolute atomic E-state index is 0.00292. The maximum absolute atomic E-state index is 13.9. The van der Waals surface area contributed by atoms with Gasteiger partial charge in [0.25, 0.3) is 0 Å². The number of nitrogens with one attached hydrogen (secondary N) is 4. The Morgan fingerprint density at radius 3 is 1.31 bits per heavy atom. The molecule has 5 atom stereocenters. The standard InChI is InChI=1S/C39H43N5O8/c1-24(41-36(48)31(40)20-27-12-16-29(45)17-13-27)35(47)42-32(22-28-14-18-30(46)19-15-28)37(49)43-33(21-25-8-4-2-5-9-25)38(50)44-34(39(51)52)23-26-10-6-3-7-11-26/h2-19,24,31-34,45-46H,20-23,40H2,1H3,(H,41,48)(H,42,47)(H,43,49)(H,44,50)(H,51,52)/t24-,31-,32-,33-,34-/m1/s1. The molecule has 0 aliphatic carbocycles. The number of amides is 4. The summed E-state index contributed by atoms with van der Waals surface area (Å²) in [5.74, 6) is -3.98. The van der Waals surface area contributed by atoms with E-state index in [1.54, 1.807) is 84.9 Å². The molecule has 0 heterocycles. The van der Waals surface area contributed by atoms with Crippen molar-refractivity contribution in [2.45, 2.75) is 62.8 Å². The molecular weight excluding hydrogens is 666 g/mol. The number of carbonyl (C=O) groups is 5. The predicted molar refractivity (Wildman–Crippen MR) is 193 cm³/mol. The third-order valence-electron chi connectivity index (χ3n) is 8.30. The molecule has 4 aromatic carbocycles. The maximum atomic E-state index is 13.9. The van der Waals surface area contributed by atoms with Crippen LogP contribution in [0.4, 0.5) is 0 Å². The van der Waals surface area contributed by atoms with Crippen LogP contribution in [0.1, 0.15) is 29.2 Å². The molecule has 52 heavy (non-hydrogen) atoms. The van der Waals surface area contributed by atoms with E-state index in [4.69, 9.17) is 5.73 Å². The molecule has 0 radical (unpaired) electrons. The lowest BCUT2D eigenvalue weighted by Crippen LogP contribution is -2.59. The first-order valence-corrected chi connectivity index (χ1v) is 16.7. The van der Waals surface area contributed by atoms with Crippen LogP contribution in [-0.4, -0.2) is 75.1 Å². The first-order chi connectivity index (χ1) is 24.9. The number of rotatable bonds is 17. The molecular formula is C39H43N5O8. The maximum Gasteiger partial charge on any atom is 0.326 e. The van der Waals surface area contributed by atoms with Crippen LogP contribution in [0.3, 0.4) is 0 Å². The van der Waals surface area contributed by atoms with Crippen LogP contribution in [-0.2, 0) is 49.7 Å². The summed E-state index contributed by atoms with van der Waals surface area (Å²) in [7, 11) is 0. The van der Waals surface area contributed by atoms with Gasteiger partial charge in [-0.2, -0.15) is 0 Å². The Bertz CT molecular complexity index is 1800. The second-order valence-corrected chi connectivity index (χ2v) is 12.5. The van der Waals surface area contributed by atoms with Crippen molar-refractivity contribution < 1.29 is 39.3 Å². The lowest BCUT2D eigenvalue weighted by atomic mass is 10.0. The Labute approximate surface area is 301 Å². The number of hydrogen-bond acceptors (Lipinski definition) is 8. The molecule has 0 spiro atoms. The Morgan fingerprint density at radius 1 is 0.500 bits per heavy atom. The summed E-state index contributed by atoms with van der Waals surface area (Å²) < 4.78 is 0. The van der Waals surface area contributed by atoms with E-state index < -0.39 is 59.8 Å². The van der Waals surface area contributed by atoms with E-state index in [0.717, 1.165) is 0 Å². The van der Waals surface area contributed by atoms with Crippen LogP contribution in [0.25, 0.3) is 0 Å². The highest BCUT2D eigenvalue weighted by molar-refractivity contribution is 5.95. The topological polar surface area (TPSA) is 220 Å². The second kappa shape index (κ2) is 18.7. The minimum atomic E-state index is -1.29. The largest absolute Gasteiger partial charge is 0.508 e. The average molecular weight is 710 g/mol. The van der Waals surface area contributed by atoms with Gasteiger partial charge in [0.1, 0.15) is 35.7 Å². The number of carboxylic acids is 1. The summed E-state index contributed by atoms with van der Waals surface area (Å²) in [5.41, 5.74) is 8.73. The molecule has 4 amide bonds. The Balaban J connectivity index is 1.51. The molecule has 13 heteroatoms. The van der Waals surface area contributed by atoms with E-state index in [9.17, 15) is 39.3 Å². The fourth-order valence-corrected chi connectivity index (χ4v) is 5.39. The zero-order chi connectivity index (χ0) is 37.6. The highest BCUT2D eigenvalue weighted by atomic mass is 16.4. The normalized spacial score (nSPS) is 13.7. The summed E-state index contributed by atoms with van der Waals surface area (Å²) in [4.78, 5) is 66.1. The third-order valence-corrected chi connectivity index (χ3v) is 8.30. The molecule has 0 saturated carbocycles. The number of nitrogens with two attached hydrogens (primary N) is 1. The van der Waals surface area contributed by atoms with Crippen molar-refractivity contribution >= 4 is 29.6 Å². The number of phenolic OH excluding ortho intramolecular Hbond substituents is 2. The Morgan fingerprint density at radius 2 is 0.865 bits per heavy atom. The lowest BCUT2D eigenvalue weighted by Gasteiger charge is -2.26. The number of carbonyl (C=O) groups excluding carboxylic acids is 4. The number of phenols is 2. The van der Waals surface area contributed by atoms with Gasteiger partial charge in [0.15, 0.2) is 0 Å². The number of carboxylic acid groups (broad SMARTS) is 1. The van der Waals surface area contributed by atoms with Crippen LogP contribution >= 0.6 is 0 Å². The monoisotopic (exact) mass is 709 g/mol. The molecule has 0 saturated heterocycles. The van der Waals surface area contributed by atoms with E-state index >= 15 is 0 Å². The summed E-state index contributed by atoms with van der Waals surface area (Å²) in [6, 6.07) is 23.9. The summed E-state index contributed by atoms with van der Waals surface area (Å²) in [6.07, 6.45) is 0.118. The van der Waals surface area contributed by atoms with E-state index in [1.807, 2.05) is 0 Å². The van der Waals surface area contributed by atoms with Crippen LogP contribution < -0.4 is 27.0 Å². The molecule has 0 fully saturated rings. The van der Waals surface area contributed by atoms with Crippen molar-refractivity contribution in [3.8, 4) is 11.5 Å². The Hall–Kier alpha value is -6.21. The van der Waals surface area contributed by atoms with Crippen molar-refractivity contribution in [1.29, 1.82) is 0 Å². The van der Waals surface area contributed by atoms with Crippen molar-refractivity contribution in [3.05, 3.63) is 131 Å². The molecule has 0 unspecified atom stereocenters. The molecule has 9 N–H and O–H groups in total. The Kier molecular flexibility index (Phi) is 13.9. The van der Waals surface area contributed by atoms with Crippen molar-refractivity contribution in [3.63, 3.8) is 0 Å². The highest BCUT2D eigenvalue weighted by Crippen LogP contribution is 2.14. The van der Waals surface area contributed by atoms with Gasteiger partial charge in [-0.05, 0) is 59.9 Å². The van der Waals surface area contributed by atoms with Gasteiger partial charge in [-0.3, -0.25) is 19.2 Å². The highest BCUT2D eigenvalue weighted by Gasteiger charge is 2.31. The fourth-order valence-electron chi connectivity index (χ4n) is 5.39. The minimum Gasteiger partial charge on any atom is -0.508 e. The number of hydrogen-bond donors (Lipinski definition) is 8. The molecule has 272 valence electrons. The van der Waals surface area contributed by atoms with Crippen LogP contribution in [0.5, 0.6) is 11.5 Å². The average Bonchev–Trinajstić information content (AvgIpc) is 3.13. The van der Waals surface area contributed by atoms with Gasteiger partial charge >= 0.3 is 5.97 Å². The zero-order valence-corrected chi connectivity index (χ0v) is 28.6. The van der Waals surface area contributed by atoms with Crippen molar-refractivity contribution in [1.82, 2.24) is 21.3 Å².